The van der Waals surface area contributed by atoms with Crippen LogP contribution in [-0.4, -0.2) is 42.2 Å². The van der Waals surface area contributed by atoms with Gasteiger partial charge < -0.3 is 19.5 Å². The number of hydrogen-bond donors (Lipinski definition) is 2. The molecule has 3 rings (SSSR count). The Morgan fingerprint density at radius 2 is 1.90 bits per heavy atom. The molecule has 0 unspecified atom stereocenters. The monoisotopic (exact) mass is 412 g/mol. The van der Waals surface area contributed by atoms with Crippen molar-refractivity contribution in [1.82, 2.24) is 10.1 Å². The standard InChI is InChI=1S/C18H19F3N4O4/c1-28-13-5-3-2-4-12(13)22-16(26)11-6-8-25(9-7-11)17(27)23-15-10-14(24-29-15)18(19,20)21/h2-5,10-11H,6-9H2,1H3,(H,22,26)(H,23,27). The lowest BCUT2D eigenvalue weighted by atomic mass is 9.96. The van der Waals surface area contributed by atoms with E-state index in [0.29, 0.717) is 30.3 Å². The van der Waals surface area contributed by atoms with E-state index in [0.717, 1.165) is 0 Å². The number of nitrogens with zero attached hydrogens (tertiary/aromatic N) is 2. The van der Waals surface area contributed by atoms with Crippen molar-refractivity contribution in [2.45, 2.75) is 19.0 Å². The third-order valence-electron chi connectivity index (χ3n) is 4.55. The first-order valence-corrected chi connectivity index (χ1v) is 8.81. The second-order valence-corrected chi connectivity index (χ2v) is 6.46. The molecule has 8 nitrogen and oxygen atoms in total. The van der Waals surface area contributed by atoms with Gasteiger partial charge in [-0.3, -0.25) is 10.1 Å². The summed E-state index contributed by atoms with van der Waals surface area (Å²) < 4.78 is 47.3. The Balaban J connectivity index is 1.51. The van der Waals surface area contributed by atoms with Crippen LogP contribution in [0, 0.1) is 5.92 Å². The second kappa shape index (κ2) is 8.41. The van der Waals surface area contributed by atoms with Gasteiger partial charge in [0.1, 0.15) is 5.75 Å². The lowest BCUT2D eigenvalue weighted by Gasteiger charge is -2.31. The Kier molecular flexibility index (Phi) is 5.95. The maximum Gasteiger partial charge on any atom is 0.436 e. The van der Waals surface area contributed by atoms with Crippen LogP contribution in [0.4, 0.5) is 29.5 Å². The number of anilines is 2. The molecule has 1 aromatic carbocycles. The zero-order valence-electron chi connectivity index (χ0n) is 15.5. The molecular formula is C18H19F3N4O4. The number of aromatic nitrogens is 1. The average molecular weight is 412 g/mol. The minimum Gasteiger partial charge on any atom is -0.495 e. The lowest BCUT2D eigenvalue weighted by molar-refractivity contribution is -0.142. The van der Waals surface area contributed by atoms with Gasteiger partial charge in [-0.25, -0.2) is 4.79 Å². The Bertz CT molecular complexity index is 876. The van der Waals surface area contributed by atoms with Crippen molar-refractivity contribution in [1.29, 1.82) is 0 Å². The van der Waals surface area contributed by atoms with Crippen LogP contribution >= 0.6 is 0 Å². The predicted octanol–water partition coefficient (Wildman–Crippen LogP) is 3.58. The second-order valence-electron chi connectivity index (χ2n) is 6.46. The van der Waals surface area contributed by atoms with Crippen LogP contribution in [0.5, 0.6) is 5.75 Å². The van der Waals surface area contributed by atoms with Gasteiger partial charge in [-0.1, -0.05) is 17.3 Å². The Labute approximate surface area is 164 Å². The molecule has 1 fully saturated rings. The third kappa shape index (κ3) is 4.98. The molecular weight excluding hydrogens is 393 g/mol. The third-order valence-corrected chi connectivity index (χ3v) is 4.55. The number of para-hydroxylation sites is 2. The van der Waals surface area contributed by atoms with Gasteiger partial charge in [-0.05, 0) is 25.0 Å². The van der Waals surface area contributed by atoms with E-state index in [1.807, 2.05) is 0 Å². The van der Waals surface area contributed by atoms with Crippen molar-refractivity contribution in [3.63, 3.8) is 0 Å². The molecule has 3 amide bonds. The number of carbonyl (C=O) groups excluding carboxylic acids is 2. The molecule has 1 aliphatic rings. The SMILES string of the molecule is COc1ccccc1NC(=O)C1CCN(C(=O)Nc2cc(C(F)(F)F)no2)CC1. The quantitative estimate of drug-likeness (QED) is 0.800. The van der Waals surface area contributed by atoms with Gasteiger partial charge in [-0.15, -0.1) is 0 Å². The summed E-state index contributed by atoms with van der Waals surface area (Å²) in [6.07, 6.45) is -3.82. The molecule has 0 spiro atoms. The summed E-state index contributed by atoms with van der Waals surface area (Å²) in [6.45, 7) is 0.548. The van der Waals surface area contributed by atoms with Crippen molar-refractivity contribution in [3.8, 4) is 5.75 Å². The van der Waals surface area contributed by atoms with Crippen LogP contribution in [0.15, 0.2) is 34.9 Å². The maximum absolute atomic E-state index is 12.5. The highest BCUT2D eigenvalue weighted by molar-refractivity contribution is 5.94. The van der Waals surface area contributed by atoms with E-state index in [2.05, 4.69) is 20.3 Å². The Hall–Kier alpha value is -3.24. The highest BCUT2D eigenvalue weighted by Crippen LogP contribution is 2.30. The van der Waals surface area contributed by atoms with Gasteiger partial charge in [0.15, 0.2) is 5.69 Å². The first-order valence-electron chi connectivity index (χ1n) is 8.81. The van der Waals surface area contributed by atoms with Crippen molar-refractivity contribution >= 4 is 23.5 Å². The van der Waals surface area contributed by atoms with Crippen molar-refractivity contribution in [3.05, 3.63) is 36.0 Å². The van der Waals surface area contributed by atoms with Crippen molar-refractivity contribution < 1.29 is 32.0 Å². The number of benzene rings is 1. The molecule has 0 saturated carbocycles. The predicted molar refractivity (Wildman–Crippen MR) is 96.4 cm³/mol. The van der Waals surface area contributed by atoms with E-state index in [4.69, 9.17) is 4.74 Å². The van der Waals surface area contributed by atoms with E-state index in [1.165, 1.54) is 12.0 Å². The number of methoxy groups -OCH3 is 1. The summed E-state index contributed by atoms with van der Waals surface area (Å²) in [5.41, 5.74) is -0.662. The minimum atomic E-state index is -4.65. The number of likely N-dealkylation sites (tertiary alicyclic amines) is 1. The van der Waals surface area contributed by atoms with Crippen LogP contribution < -0.4 is 15.4 Å². The van der Waals surface area contributed by atoms with Crippen LogP contribution in [0.25, 0.3) is 0 Å². The zero-order chi connectivity index (χ0) is 21.0. The fraction of sp³-hybridized carbons (Fsp3) is 0.389. The van der Waals surface area contributed by atoms with Gasteiger partial charge in [0.25, 0.3) is 0 Å². The summed E-state index contributed by atoms with van der Waals surface area (Å²) in [7, 11) is 1.51. The smallest absolute Gasteiger partial charge is 0.436 e. The van der Waals surface area contributed by atoms with E-state index >= 15 is 0 Å². The van der Waals surface area contributed by atoms with Gasteiger partial charge in [0.05, 0.1) is 12.8 Å². The van der Waals surface area contributed by atoms with Gasteiger partial charge >= 0.3 is 12.2 Å². The molecule has 11 heteroatoms. The number of carbonyl (C=O) groups is 2. The van der Waals surface area contributed by atoms with Gasteiger partial charge in [-0.2, -0.15) is 13.2 Å². The molecule has 1 aliphatic heterocycles. The fourth-order valence-electron chi connectivity index (χ4n) is 2.98. The fourth-order valence-corrected chi connectivity index (χ4v) is 2.98. The van der Waals surface area contributed by atoms with Gasteiger partial charge in [0, 0.05) is 25.1 Å². The number of piperidine rings is 1. The summed E-state index contributed by atoms with van der Waals surface area (Å²) in [5, 5.41) is 7.94. The van der Waals surface area contributed by atoms with E-state index in [1.54, 1.807) is 24.3 Å². The highest BCUT2D eigenvalue weighted by Gasteiger charge is 2.35. The van der Waals surface area contributed by atoms with E-state index < -0.39 is 23.8 Å². The van der Waals surface area contributed by atoms with Gasteiger partial charge in [0.2, 0.25) is 11.8 Å². The number of amides is 3. The van der Waals surface area contributed by atoms with Crippen LogP contribution in [0.2, 0.25) is 0 Å². The molecule has 29 heavy (non-hydrogen) atoms. The number of hydrogen-bond acceptors (Lipinski definition) is 5. The molecule has 2 heterocycles. The van der Waals surface area contributed by atoms with Crippen LogP contribution in [-0.2, 0) is 11.0 Å². The summed E-state index contributed by atoms with van der Waals surface area (Å²) >= 11 is 0. The lowest BCUT2D eigenvalue weighted by Crippen LogP contribution is -2.43. The highest BCUT2D eigenvalue weighted by atomic mass is 19.4. The Morgan fingerprint density at radius 3 is 2.52 bits per heavy atom. The molecule has 1 aromatic heterocycles. The molecule has 0 bridgehead atoms. The average Bonchev–Trinajstić information content (AvgIpc) is 3.17. The molecule has 1 saturated heterocycles. The number of urea groups is 1. The van der Waals surface area contributed by atoms with Crippen molar-refractivity contribution in [2.24, 2.45) is 5.92 Å². The number of rotatable bonds is 4. The Morgan fingerprint density at radius 1 is 1.21 bits per heavy atom. The number of ether oxygens (including phenoxy) is 1. The number of halogens is 3. The van der Waals surface area contributed by atoms with Crippen LogP contribution in [0.1, 0.15) is 18.5 Å². The molecule has 2 aromatic rings. The topological polar surface area (TPSA) is 96.7 Å². The summed E-state index contributed by atoms with van der Waals surface area (Å²) in [5.74, 6) is -0.327. The largest absolute Gasteiger partial charge is 0.495 e. The first kappa shape index (κ1) is 20.5. The normalized spacial score (nSPS) is 15.1. The molecule has 2 N–H and O–H groups in total. The summed E-state index contributed by atoms with van der Waals surface area (Å²) in [4.78, 5) is 26.1. The number of nitrogens with one attached hydrogen (secondary N) is 2. The minimum absolute atomic E-state index is 0.181. The van der Waals surface area contributed by atoms with Crippen molar-refractivity contribution in [2.75, 3.05) is 30.8 Å². The molecule has 156 valence electrons. The van der Waals surface area contributed by atoms with E-state index in [-0.39, 0.29) is 24.9 Å². The number of alkyl halides is 3. The zero-order valence-corrected chi connectivity index (χ0v) is 15.5. The summed E-state index contributed by atoms with van der Waals surface area (Å²) in [6, 6.07) is 7.03. The molecule has 0 atom stereocenters. The van der Waals surface area contributed by atoms with E-state index in [9.17, 15) is 22.8 Å². The van der Waals surface area contributed by atoms with Crippen LogP contribution in [0.3, 0.4) is 0 Å². The molecule has 0 radical (unpaired) electrons. The first-order chi connectivity index (χ1) is 13.8. The molecule has 0 aliphatic carbocycles. The maximum atomic E-state index is 12.5.